The lowest BCUT2D eigenvalue weighted by Crippen LogP contribution is -2.00. The minimum absolute atomic E-state index is 0.232. The Morgan fingerprint density at radius 3 is 2.11 bits per heavy atom. The Morgan fingerprint density at radius 1 is 0.947 bits per heavy atom. The van der Waals surface area contributed by atoms with Crippen molar-refractivity contribution in [3.63, 3.8) is 0 Å². The van der Waals surface area contributed by atoms with Crippen LogP contribution >= 0.6 is 0 Å². The van der Waals surface area contributed by atoms with Gasteiger partial charge >= 0.3 is 5.97 Å². The van der Waals surface area contributed by atoms with E-state index < -0.39 is 0 Å². The fraction of sp³-hybridized carbons (Fsp3) is 0.588. The SMILES string of the molecule is CCOC(=O)/C=C(\C)CC/C=C(/C)CCC=C(C)C. The molecule has 0 heterocycles. The molecule has 0 unspecified atom stereocenters. The van der Waals surface area contributed by atoms with Crippen molar-refractivity contribution < 1.29 is 9.53 Å². The normalized spacial score (nSPS) is 12.3. The van der Waals surface area contributed by atoms with Crippen molar-refractivity contribution >= 4 is 5.97 Å². The van der Waals surface area contributed by atoms with Crippen LogP contribution in [0.2, 0.25) is 0 Å². The molecule has 0 fully saturated rings. The van der Waals surface area contributed by atoms with Crippen LogP contribution in [0.3, 0.4) is 0 Å². The van der Waals surface area contributed by atoms with Gasteiger partial charge in [0.05, 0.1) is 6.61 Å². The maximum absolute atomic E-state index is 11.2. The Hall–Kier alpha value is -1.31. The zero-order valence-electron chi connectivity index (χ0n) is 13.1. The number of hydrogen-bond donors (Lipinski definition) is 0. The molecule has 19 heavy (non-hydrogen) atoms. The van der Waals surface area contributed by atoms with Crippen LogP contribution < -0.4 is 0 Å². The van der Waals surface area contributed by atoms with Crippen LogP contribution in [0, 0.1) is 0 Å². The summed E-state index contributed by atoms with van der Waals surface area (Å²) in [5, 5.41) is 0. The van der Waals surface area contributed by atoms with E-state index in [0.717, 1.165) is 31.3 Å². The van der Waals surface area contributed by atoms with E-state index in [2.05, 4.69) is 32.9 Å². The fourth-order valence-corrected chi connectivity index (χ4v) is 1.69. The van der Waals surface area contributed by atoms with Crippen LogP contribution in [0.5, 0.6) is 0 Å². The van der Waals surface area contributed by atoms with E-state index in [-0.39, 0.29) is 5.97 Å². The molecule has 2 nitrogen and oxygen atoms in total. The lowest BCUT2D eigenvalue weighted by Gasteiger charge is -2.01. The van der Waals surface area contributed by atoms with Gasteiger partial charge in [0.2, 0.25) is 0 Å². The molecule has 2 heteroatoms. The van der Waals surface area contributed by atoms with Crippen molar-refractivity contribution in [3.8, 4) is 0 Å². The third-order valence-corrected chi connectivity index (χ3v) is 2.77. The Labute approximate surface area is 118 Å². The molecule has 0 aliphatic rings. The van der Waals surface area contributed by atoms with Crippen LogP contribution in [0.25, 0.3) is 0 Å². The molecule has 0 N–H and O–H groups in total. The van der Waals surface area contributed by atoms with Crippen molar-refractivity contribution in [1.29, 1.82) is 0 Å². The van der Waals surface area contributed by atoms with Gasteiger partial charge in [0.25, 0.3) is 0 Å². The summed E-state index contributed by atoms with van der Waals surface area (Å²) in [6, 6.07) is 0. The fourth-order valence-electron chi connectivity index (χ4n) is 1.69. The summed E-state index contributed by atoms with van der Waals surface area (Å²) >= 11 is 0. The van der Waals surface area contributed by atoms with Crippen LogP contribution in [0.15, 0.2) is 34.9 Å². The largest absolute Gasteiger partial charge is 0.463 e. The topological polar surface area (TPSA) is 26.3 Å². The first-order valence-electron chi connectivity index (χ1n) is 7.08. The number of carbonyl (C=O) groups excluding carboxylic acids is 1. The summed E-state index contributed by atoms with van der Waals surface area (Å²) in [5.41, 5.74) is 3.87. The summed E-state index contributed by atoms with van der Waals surface area (Å²) in [5.74, 6) is -0.232. The molecule has 0 saturated carbocycles. The molecule has 0 aliphatic heterocycles. The molecular weight excluding hydrogens is 236 g/mol. The van der Waals surface area contributed by atoms with E-state index in [4.69, 9.17) is 4.74 Å². The van der Waals surface area contributed by atoms with Crippen molar-refractivity contribution in [3.05, 3.63) is 34.9 Å². The average Bonchev–Trinajstić information content (AvgIpc) is 2.28. The zero-order chi connectivity index (χ0) is 14.7. The van der Waals surface area contributed by atoms with E-state index in [0.29, 0.717) is 6.61 Å². The second kappa shape index (κ2) is 10.6. The van der Waals surface area contributed by atoms with E-state index in [1.165, 1.54) is 11.1 Å². The Bertz CT molecular complexity index is 355. The number of esters is 1. The zero-order valence-corrected chi connectivity index (χ0v) is 13.1. The molecular formula is C17H28O2. The first-order valence-corrected chi connectivity index (χ1v) is 7.08. The van der Waals surface area contributed by atoms with Gasteiger partial charge in [0, 0.05) is 6.08 Å². The van der Waals surface area contributed by atoms with Crippen LogP contribution in [0.1, 0.15) is 60.3 Å². The summed E-state index contributed by atoms with van der Waals surface area (Å²) in [6.07, 6.45) is 10.3. The minimum atomic E-state index is -0.232. The molecule has 0 radical (unpaired) electrons. The number of hydrogen-bond acceptors (Lipinski definition) is 2. The maximum Gasteiger partial charge on any atom is 0.330 e. The van der Waals surface area contributed by atoms with Gasteiger partial charge in [-0.05, 0) is 60.3 Å². The third kappa shape index (κ3) is 11.5. The van der Waals surface area contributed by atoms with Gasteiger partial charge in [-0.2, -0.15) is 0 Å². The van der Waals surface area contributed by atoms with E-state index in [9.17, 15) is 4.79 Å². The molecule has 0 amide bonds. The molecule has 0 rings (SSSR count). The predicted molar refractivity (Wildman–Crippen MR) is 82.0 cm³/mol. The van der Waals surface area contributed by atoms with Crippen molar-refractivity contribution in [1.82, 2.24) is 0 Å². The number of ether oxygens (including phenoxy) is 1. The van der Waals surface area contributed by atoms with Gasteiger partial charge in [0.1, 0.15) is 0 Å². The molecule has 108 valence electrons. The van der Waals surface area contributed by atoms with Crippen molar-refractivity contribution in [2.75, 3.05) is 6.61 Å². The lowest BCUT2D eigenvalue weighted by atomic mass is 10.1. The van der Waals surface area contributed by atoms with Gasteiger partial charge in [-0.1, -0.05) is 28.9 Å². The third-order valence-electron chi connectivity index (χ3n) is 2.77. The Kier molecular flexibility index (Phi) is 9.87. The minimum Gasteiger partial charge on any atom is -0.463 e. The highest BCUT2D eigenvalue weighted by Gasteiger charge is 1.97. The first kappa shape index (κ1) is 17.7. The van der Waals surface area contributed by atoms with Gasteiger partial charge in [-0.3, -0.25) is 0 Å². The van der Waals surface area contributed by atoms with Gasteiger partial charge in [-0.25, -0.2) is 4.79 Å². The second-order valence-corrected chi connectivity index (χ2v) is 5.15. The Balaban J connectivity index is 3.99. The number of carbonyl (C=O) groups is 1. The molecule has 0 aromatic rings. The predicted octanol–water partition coefficient (Wildman–Crippen LogP) is 4.97. The van der Waals surface area contributed by atoms with Crippen molar-refractivity contribution in [2.24, 2.45) is 0 Å². The molecule has 0 aromatic heterocycles. The molecule has 0 atom stereocenters. The Morgan fingerprint density at radius 2 is 1.53 bits per heavy atom. The van der Waals surface area contributed by atoms with E-state index in [1.54, 1.807) is 6.08 Å². The smallest absolute Gasteiger partial charge is 0.330 e. The molecule has 0 spiro atoms. The summed E-state index contributed by atoms with van der Waals surface area (Å²) in [6.45, 7) is 10.7. The lowest BCUT2D eigenvalue weighted by molar-refractivity contribution is -0.137. The quantitative estimate of drug-likeness (QED) is 0.351. The van der Waals surface area contributed by atoms with Crippen LogP contribution in [-0.4, -0.2) is 12.6 Å². The highest BCUT2D eigenvalue weighted by atomic mass is 16.5. The monoisotopic (exact) mass is 264 g/mol. The molecule has 0 aliphatic carbocycles. The van der Waals surface area contributed by atoms with Gasteiger partial charge in [-0.15, -0.1) is 0 Å². The second-order valence-electron chi connectivity index (χ2n) is 5.15. The van der Waals surface area contributed by atoms with E-state index in [1.807, 2.05) is 13.8 Å². The summed E-state index contributed by atoms with van der Waals surface area (Å²) in [4.78, 5) is 11.2. The molecule has 0 bridgehead atoms. The number of rotatable bonds is 8. The highest BCUT2D eigenvalue weighted by molar-refractivity contribution is 5.82. The average molecular weight is 264 g/mol. The van der Waals surface area contributed by atoms with Crippen LogP contribution in [-0.2, 0) is 9.53 Å². The summed E-state index contributed by atoms with van der Waals surface area (Å²) < 4.78 is 4.88. The van der Waals surface area contributed by atoms with Gasteiger partial charge < -0.3 is 4.74 Å². The van der Waals surface area contributed by atoms with Crippen LogP contribution in [0.4, 0.5) is 0 Å². The standard InChI is InChI=1S/C17H28O2/c1-6-19-17(18)13-16(5)12-8-11-15(4)10-7-9-14(2)3/h9,11,13H,6-8,10,12H2,1-5H3/b15-11-,16-13+. The molecule has 0 saturated heterocycles. The highest BCUT2D eigenvalue weighted by Crippen LogP contribution is 2.11. The molecule has 0 aromatic carbocycles. The summed E-state index contributed by atoms with van der Waals surface area (Å²) in [7, 11) is 0. The number of allylic oxidation sites excluding steroid dienone is 5. The van der Waals surface area contributed by atoms with Gasteiger partial charge in [0.15, 0.2) is 0 Å². The van der Waals surface area contributed by atoms with Crippen molar-refractivity contribution in [2.45, 2.75) is 60.3 Å². The first-order chi connectivity index (χ1) is 8.95. The maximum atomic E-state index is 11.2. The van der Waals surface area contributed by atoms with E-state index >= 15 is 0 Å².